The maximum absolute atomic E-state index is 11.6. The van der Waals surface area contributed by atoms with Crippen molar-refractivity contribution in [3.8, 4) is 11.8 Å². The molecule has 0 atom stereocenters. The van der Waals surface area contributed by atoms with E-state index in [1.165, 1.54) is 7.11 Å². The Bertz CT molecular complexity index is 591. The number of alkyl carbamates (subject to hydrolysis) is 1. The van der Waals surface area contributed by atoms with Crippen LogP contribution in [0.25, 0.3) is 0 Å². The molecular weight excluding hydrogens is 282 g/mol. The summed E-state index contributed by atoms with van der Waals surface area (Å²) in [5.74, 6) is 5.25. The van der Waals surface area contributed by atoms with E-state index in [1.807, 2.05) is 45.0 Å². The molecule has 0 aliphatic rings. The summed E-state index contributed by atoms with van der Waals surface area (Å²) < 4.78 is 9.68. The molecule has 0 aliphatic carbocycles. The highest BCUT2D eigenvalue weighted by Gasteiger charge is 2.15. The standard InChI is InChI=1S/C17H21NO4/c1-17(2,3)22-16(20)18-12-14-9-5-7-13(11-14)8-6-10-15(19)21-4/h5,7,9,11H,10,12H2,1-4H3,(H,18,20). The van der Waals surface area contributed by atoms with Crippen molar-refractivity contribution in [3.05, 3.63) is 35.4 Å². The molecule has 5 nitrogen and oxygen atoms in total. The molecule has 0 radical (unpaired) electrons. The summed E-state index contributed by atoms with van der Waals surface area (Å²) in [6.07, 6.45) is -0.411. The first-order valence-electron chi connectivity index (χ1n) is 6.91. The SMILES string of the molecule is COC(=O)CC#Cc1cccc(CNC(=O)OC(C)(C)C)c1. The van der Waals surface area contributed by atoms with E-state index in [4.69, 9.17) is 4.74 Å². The van der Waals surface area contributed by atoms with Crippen LogP contribution in [0.15, 0.2) is 24.3 Å². The van der Waals surface area contributed by atoms with Gasteiger partial charge in [-0.3, -0.25) is 4.79 Å². The van der Waals surface area contributed by atoms with Crippen LogP contribution >= 0.6 is 0 Å². The van der Waals surface area contributed by atoms with Gasteiger partial charge in [0.1, 0.15) is 12.0 Å². The number of methoxy groups -OCH3 is 1. The first kappa shape index (κ1) is 17.6. The molecule has 0 aromatic heterocycles. The second-order valence-electron chi connectivity index (χ2n) is 5.61. The molecule has 1 amide bonds. The number of hydrogen-bond acceptors (Lipinski definition) is 4. The molecule has 0 heterocycles. The number of esters is 1. The van der Waals surface area contributed by atoms with Crippen LogP contribution in [0.1, 0.15) is 38.3 Å². The lowest BCUT2D eigenvalue weighted by Crippen LogP contribution is -2.32. The smallest absolute Gasteiger partial charge is 0.407 e. The number of amides is 1. The summed E-state index contributed by atoms with van der Waals surface area (Å²) in [6.45, 7) is 5.78. The maximum Gasteiger partial charge on any atom is 0.407 e. The first-order valence-corrected chi connectivity index (χ1v) is 6.91. The third-order valence-electron chi connectivity index (χ3n) is 2.46. The Labute approximate surface area is 131 Å². The Hall–Kier alpha value is -2.48. The summed E-state index contributed by atoms with van der Waals surface area (Å²) in [5, 5.41) is 2.68. The predicted octanol–water partition coefficient (Wildman–Crippen LogP) is 2.63. The average Bonchev–Trinajstić information content (AvgIpc) is 2.43. The van der Waals surface area contributed by atoms with Gasteiger partial charge in [0.15, 0.2) is 0 Å². The number of benzene rings is 1. The Morgan fingerprint density at radius 1 is 1.27 bits per heavy atom. The third kappa shape index (κ3) is 7.34. The Balaban J connectivity index is 2.57. The summed E-state index contributed by atoms with van der Waals surface area (Å²) in [5.41, 5.74) is 1.15. The monoisotopic (exact) mass is 303 g/mol. The van der Waals surface area contributed by atoms with E-state index in [9.17, 15) is 9.59 Å². The van der Waals surface area contributed by atoms with Gasteiger partial charge in [0.2, 0.25) is 0 Å². The molecule has 1 aromatic carbocycles. The average molecular weight is 303 g/mol. The van der Waals surface area contributed by atoms with Gasteiger partial charge in [0.25, 0.3) is 0 Å². The lowest BCUT2D eigenvalue weighted by Gasteiger charge is -2.19. The van der Waals surface area contributed by atoms with Crippen LogP contribution in [0, 0.1) is 11.8 Å². The minimum Gasteiger partial charge on any atom is -0.468 e. The van der Waals surface area contributed by atoms with E-state index in [0.717, 1.165) is 11.1 Å². The van der Waals surface area contributed by atoms with Crippen molar-refractivity contribution in [3.63, 3.8) is 0 Å². The van der Waals surface area contributed by atoms with Crippen LogP contribution in [0.2, 0.25) is 0 Å². The van der Waals surface area contributed by atoms with Crippen LogP contribution in [-0.2, 0) is 20.8 Å². The summed E-state index contributed by atoms with van der Waals surface area (Å²) in [6, 6.07) is 7.40. The van der Waals surface area contributed by atoms with Crippen molar-refractivity contribution in [1.29, 1.82) is 0 Å². The largest absolute Gasteiger partial charge is 0.468 e. The lowest BCUT2D eigenvalue weighted by atomic mass is 10.1. The van der Waals surface area contributed by atoms with E-state index in [1.54, 1.807) is 0 Å². The molecule has 22 heavy (non-hydrogen) atoms. The molecule has 0 bridgehead atoms. The van der Waals surface area contributed by atoms with Crippen molar-refractivity contribution in [1.82, 2.24) is 5.32 Å². The quantitative estimate of drug-likeness (QED) is 0.688. The van der Waals surface area contributed by atoms with Crippen molar-refractivity contribution < 1.29 is 19.1 Å². The fourth-order valence-corrected chi connectivity index (χ4v) is 1.54. The van der Waals surface area contributed by atoms with Crippen LogP contribution < -0.4 is 5.32 Å². The van der Waals surface area contributed by atoms with Crippen LogP contribution in [0.3, 0.4) is 0 Å². The van der Waals surface area contributed by atoms with Crippen molar-refractivity contribution >= 4 is 12.1 Å². The maximum atomic E-state index is 11.6. The Morgan fingerprint density at radius 3 is 2.64 bits per heavy atom. The molecule has 0 unspecified atom stereocenters. The molecule has 0 saturated carbocycles. The number of rotatable bonds is 3. The van der Waals surface area contributed by atoms with Crippen molar-refractivity contribution in [2.24, 2.45) is 0 Å². The number of ether oxygens (including phenoxy) is 2. The summed E-state index contributed by atoms with van der Waals surface area (Å²) in [7, 11) is 1.33. The first-order chi connectivity index (χ1) is 10.3. The van der Waals surface area contributed by atoms with Gasteiger partial charge in [-0.2, -0.15) is 0 Å². The zero-order valence-electron chi connectivity index (χ0n) is 13.4. The van der Waals surface area contributed by atoms with Crippen LogP contribution in [-0.4, -0.2) is 24.8 Å². The van der Waals surface area contributed by atoms with Gasteiger partial charge < -0.3 is 14.8 Å². The molecule has 1 N–H and O–H groups in total. The Morgan fingerprint density at radius 2 is 2.00 bits per heavy atom. The highest BCUT2D eigenvalue weighted by atomic mass is 16.6. The molecule has 5 heteroatoms. The normalized spacial score (nSPS) is 10.2. The second-order valence-corrected chi connectivity index (χ2v) is 5.61. The van der Waals surface area contributed by atoms with E-state index in [0.29, 0.717) is 6.54 Å². The van der Waals surface area contributed by atoms with Crippen molar-refractivity contribution in [2.75, 3.05) is 7.11 Å². The molecule has 0 aliphatic heterocycles. The van der Waals surface area contributed by atoms with E-state index in [-0.39, 0.29) is 12.4 Å². The summed E-state index contributed by atoms with van der Waals surface area (Å²) >= 11 is 0. The topological polar surface area (TPSA) is 64.6 Å². The fourth-order valence-electron chi connectivity index (χ4n) is 1.54. The van der Waals surface area contributed by atoms with Gasteiger partial charge in [0, 0.05) is 12.1 Å². The molecule has 0 spiro atoms. The minimum absolute atomic E-state index is 0.0525. The highest BCUT2D eigenvalue weighted by molar-refractivity contribution is 5.72. The van der Waals surface area contributed by atoms with E-state index in [2.05, 4.69) is 21.9 Å². The van der Waals surface area contributed by atoms with Gasteiger partial charge in [-0.15, -0.1) is 0 Å². The molecule has 0 fully saturated rings. The zero-order valence-corrected chi connectivity index (χ0v) is 13.4. The van der Waals surface area contributed by atoms with Gasteiger partial charge in [-0.1, -0.05) is 24.0 Å². The van der Waals surface area contributed by atoms with Crippen LogP contribution in [0.5, 0.6) is 0 Å². The van der Waals surface area contributed by atoms with Gasteiger partial charge in [-0.05, 0) is 38.5 Å². The third-order valence-corrected chi connectivity index (χ3v) is 2.46. The number of hydrogen-bond donors (Lipinski definition) is 1. The highest BCUT2D eigenvalue weighted by Crippen LogP contribution is 2.08. The fraction of sp³-hybridized carbons (Fsp3) is 0.412. The van der Waals surface area contributed by atoms with E-state index >= 15 is 0 Å². The van der Waals surface area contributed by atoms with E-state index < -0.39 is 11.7 Å². The molecule has 118 valence electrons. The lowest BCUT2D eigenvalue weighted by molar-refractivity contribution is -0.139. The second kappa shape index (κ2) is 8.08. The molecule has 1 aromatic rings. The predicted molar refractivity (Wildman–Crippen MR) is 83.0 cm³/mol. The Kier molecular flexibility index (Phi) is 6.46. The van der Waals surface area contributed by atoms with Crippen LogP contribution in [0.4, 0.5) is 4.79 Å². The number of nitrogens with one attached hydrogen (secondary N) is 1. The molecule has 0 saturated heterocycles. The zero-order chi connectivity index (χ0) is 16.6. The molecular formula is C17H21NO4. The minimum atomic E-state index is -0.523. The van der Waals surface area contributed by atoms with Gasteiger partial charge in [-0.25, -0.2) is 4.79 Å². The van der Waals surface area contributed by atoms with Gasteiger partial charge >= 0.3 is 12.1 Å². The van der Waals surface area contributed by atoms with Crippen molar-refractivity contribution in [2.45, 2.75) is 39.3 Å². The van der Waals surface area contributed by atoms with Gasteiger partial charge in [0.05, 0.1) is 7.11 Å². The number of carbonyl (C=O) groups is 2. The molecule has 1 rings (SSSR count). The number of carbonyl (C=O) groups excluding carboxylic acids is 2. The summed E-state index contributed by atoms with van der Waals surface area (Å²) in [4.78, 5) is 22.6.